The van der Waals surface area contributed by atoms with Crippen LogP contribution in [-0.4, -0.2) is 49.1 Å². The first kappa shape index (κ1) is 17.0. The molecule has 0 spiro atoms. The van der Waals surface area contributed by atoms with Crippen molar-refractivity contribution in [3.8, 4) is 0 Å². The summed E-state index contributed by atoms with van der Waals surface area (Å²) in [7, 11) is 4.02. The van der Waals surface area contributed by atoms with Crippen LogP contribution in [0.1, 0.15) is 44.1 Å². The van der Waals surface area contributed by atoms with E-state index < -0.39 is 0 Å². The second-order valence-electron chi connectivity index (χ2n) is 7.38. The van der Waals surface area contributed by atoms with Gasteiger partial charge < -0.3 is 15.1 Å². The highest BCUT2D eigenvalue weighted by Crippen LogP contribution is 2.26. The molecule has 0 aromatic carbocycles. The first-order valence-electron chi connectivity index (χ1n) is 9.08. The molecule has 0 unspecified atom stereocenters. The van der Waals surface area contributed by atoms with Gasteiger partial charge in [0.15, 0.2) is 0 Å². The van der Waals surface area contributed by atoms with Gasteiger partial charge in [-0.25, -0.2) is 4.98 Å². The van der Waals surface area contributed by atoms with Crippen LogP contribution in [0.3, 0.4) is 0 Å². The maximum atomic E-state index is 11.8. The van der Waals surface area contributed by atoms with Crippen molar-refractivity contribution in [1.82, 2.24) is 15.3 Å². The standard InChI is InChI=1S/C18H29N5O/c1-13-12-19-18(21-17(13)22(2)3)23-10-8-14(9-11-23)4-7-16(24)20-15-5-6-15/h12,14-15H,4-11H2,1-3H3,(H,20,24). The minimum atomic E-state index is 0.234. The number of aryl methyl sites for hydroxylation is 1. The molecule has 1 aromatic rings. The van der Waals surface area contributed by atoms with Crippen LogP contribution in [0.4, 0.5) is 11.8 Å². The molecule has 2 aliphatic rings. The van der Waals surface area contributed by atoms with Crippen LogP contribution in [0.25, 0.3) is 0 Å². The van der Waals surface area contributed by atoms with E-state index in [2.05, 4.69) is 15.2 Å². The van der Waals surface area contributed by atoms with Gasteiger partial charge in [-0.2, -0.15) is 4.98 Å². The fourth-order valence-electron chi connectivity index (χ4n) is 3.31. The van der Waals surface area contributed by atoms with Crippen LogP contribution in [-0.2, 0) is 4.79 Å². The third kappa shape index (κ3) is 4.36. The number of hydrogen-bond acceptors (Lipinski definition) is 5. The van der Waals surface area contributed by atoms with E-state index in [1.54, 1.807) is 0 Å². The highest BCUT2D eigenvalue weighted by Gasteiger charge is 2.25. The predicted octanol–water partition coefficient (Wildman–Crippen LogP) is 2.13. The maximum absolute atomic E-state index is 11.8. The lowest BCUT2D eigenvalue weighted by molar-refractivity contribution is -0.121. The second kappa shape index (κ2) is 7.36. The number of carbonyl (C=O) groups is 1. The van der Waals surface area contributed by atoms with Crippen LogP contribution in [0, 0.1) is 12.8 Å². The number of carbonyl (C=O) groups excluding carboxylic acids is 1. The SMILES string of the molecule is Cc1cnc(N2CCC(CCC(=O)NC3CC3)CC2)nc1N(C)C. The maximum Gasteiger partial charge on any atom is 0.227 e. The van der Waals surface area contributed by atoms with E-state index in [9.17, 15) is 4.79 Å². The van der Waals surface area contributed by atoms with Gasteiger partial charge in [-0.05, 0) is 44.9 Å². The quantitative estimate of drug-likeness (QED) is 0.865. The van der Waals surface area contributed by atoms with Crippen molar-refractivity contribution in [2.75, 3.05) is 37.0 Å². The molecule has 1 amide bonds. The molecule has 1 aliphatic heterocycles. The zero-order valence-electron chi connectivity index (χ0n) is 15.1. The Kier molecular flexibility index (Phi) is 5.21. The molecule has 2 heterocycles. The van der Waals surface area contributed by atoms with Crippen LogP contribution in [0.2, 0.25) is 0 Å². The van der Waals surface area contributed by atoms with Gasteiger partial charge in [-0.3, -0.25) is 4.79 Å². The lowest BCUT2D eigenvalue weighted by Gasteiger charge is -2.32. The Balaban J connectivity index is 1.47. The van der Waals surface area contributed by atoms with Crippen molar-refractivity contribution in [2.24, 2.45) is 5.92 Å². The molecule has 6 nitrogen and oxygen atoms in total. The first-order valence-corrected chi connectivity index (χ1v) is 9.08. The summed E-state index contributed by atoms with van der Waals surface area (Å²) >= 11 is 0. The van der Waals surface area contributed by atoms with Crippen molar-refractivity contribution in [3.63, 3.8) is 0 Å². The minimum Gasteiger partial charge on any atom is -0.362 e. The normalized spacial score (nSPS) is 18.5. The fourth-order valence-corrected chi connectivity index (χ4v) is 3.31. The lowest BCUT2D eigenvalue weighted by atomic mass is 9.92. The summed E-state index contributed by atoms with van der Waals surface area (Å²) in [5.41, 5.74) is 1.10. The van der Waals surface area contributed by atoms with Gasteiger partial charge in [0, 0.05) is 51.4 Å². The summed E-state index contributed by atoms with van der Waals surface area (Å²) < 4.78 is 0. The van der Waals surface area contributed by atoms with E-state index in [4.69, 9.17) is 4.98 Å². The molecule has 6 heteroatoms. The molecular formula is C18H29N5O. The van der Waals surface area contributed by atoms with Crippen LogP contribution < -0.4 is 15.1 Å². The largest absolute Gasteiger partial charge is 0.362 e. The molecule has 1 aromatic heterocycles. The average Bonchev–Trinajstić information content (AvgIpc) is 3.37. The minimum absolute atomic E-state index is 0.234. The monoisotopic (exact) mass is 331 g/mol. The second-order valence-corrected chi connectivity index (χ2v) is 7.38. The first-order chi connectivity index (χ1) is 11.5. The molecule has 24 heavy (non-hydrogen) atoms. The summed E-state index contributed by atoms with van der Waals surface area (Å²) in [5.74, 6) is 2.69. The van der Waals surface area contributed by atoms with E-state index in [1.165, 1.54) is 0 Å². The van der Waals surface area contributed by atoms with Gasteiger partial charge >= 0.3 is 0 Å². The van der Waals surface area contributed by atoms with Crippen molar-refractivity contribution >= 4 is 17.7 Å². The summed E-state index contributed by atoms with van der Waals surface area (Å²) in [6.07, 6.45) is 8.14. The highest BCUT2D eigenvalue weighted by molar-refractivity contribution is 5.76. The van der Waals surface area contributed by atoms with Crippen LogP contribution in [0.5, 0.6) is 0 Å². The Morgan fingerprint density at radius 2 is 2.00 bits per heavy atom. The fraction of sp³-hybridized carbons (Fsp3) is 0.722. The van der Waals surface area contributed by atoms with Gasteiger partial charge in [-0.1, -0.05) is 0 Å². The number of amides is 1. The van der Waals surface area contributed by atoms with Crippen LogP contribution in [0.15, 0.2) is 6.20 Å². The number of rotatable bonds is 6. The number of piperidine rings is 1. The van der Waals surface area contributed by atoms with Gasteiger partial charge in [0.25, 0.3) is 0 Å². The summed E-state index contributed by atoms with van der Waals surface area (Å²) in [5, 5.41) is 3.08. The number of aromatic nitrogens is 2. The predicted molar refractivity (Wildman–Crippen MR) is 96.4 cm³/mol. The molecular weight excluding hydrogens is 302 g/mol. The molecule has 1 aliphatic carbocycles. The Bertz CT molecular complexity index is 577. The molecule has 0 radical (unpaired) electrons. The number of anilines is 2. The van der Waals surface area contributed by atoms with E-state index in [-0.39, 0.29) is 5.91 Å². The Morgan fingerprint density at radius 1 is 1.29 bits per heavy atom. The highest BCUT2D eigenvalue weighted by atomic mass is 16.1. The van der Waals surface area contributed by atoms with E-state index >= 15 is 0 Å². The molecule has 1 saturated heterocycles. The molecule has 1 saturated carbocycles. The Hall–Kier alpha value is -1.85. The number of hydrogen-bond donors (Lipinski definition) is 1. The molecule has 0 atom stereocenters. The van der Waals surface area contributed by atoms with Crippen LogP contribution >= 0.6 is 0 Å². The summed E-state index contributed by atoms with van der Waals surface area (Å²) in [4.78, 5) is 25.3. The average molecular weight is 331 g/mol. The number of nitrogens with zero attached hydrogens (tertiary/aromatic N) is 4. The molecule has 3 rings (SSSR count). The van der Waals surface area contributed by atoms with E-state index in [0.717, 1.165) is 62.5 Å². The Labute approximate surface area is 144 Å². The molecule has 1 N–H and O–H groups in total. The zero-order valence-corrected chi connectivity index (χ0v) is 15.1. The molecule has 0 bridgehead atoms. The third-order valence-corrected chi connectivity index (χ3v) is 4.98. The van der Waals surface area contributed by atoms with E-state index in [0.29, 0.717) is 18.4 Å². The van der Waals surface area contributed by atoms with E-state index in [1.807, 2.05) is 32.1 Å². The third-order valence-electron chi connectivity index (χ3n) is 4.98. The number of nitrogens with one attached hydrogen (secondary N) is 1. The lowest BCUT2D eigenvalue weighted by Crippen LogP contribution is -2.35. The zero-order chi connectivity index (χ0) is 17.1. The van der Waals surface area contributed by atoms with Gasteiger partial charge in [-0.15, -0.1) is 0 Å². The summed E-state index contributed by atoms with van der Waals surface area (Å²) in [6, 6.07) is 0.476. The smallest absolute Gasteiger partial charge is 0.227 e. The molecule has 2 fully saturated rings. The molecule has 132 valence electrons. The van der Waals surface area contributed by atoms with Crippen molar-refractivity contribution in [1.29, 1.82) is 0 Å². The topological polar surface area (TPSA) is 61.4 Å². The van der Waals surface area contributed by atoms with Gasteiger partial charge in [0.05, 0.1) is 0 Å². The van der Waals surface area contributed by atoms with Crippen molar-refractivity contribution in [3.05, 3.63) is 11.8 Å². The van der Waals surface area contributed by atoms with Gasteiger partial charge in [0.2, 0.25) is 11.9 Å². The summed E-state index contributed by atoms with van der Waals surface area (Å²) in [6.45, 7) is 3.99. The van der Waals surface area contributed by atoms with Gasteiger partial charge in [0.1, 0.15) is 5.82 Å². The van der Waals surface area contributed by atoms with Crippen molar-refractivity contribution < 1.29 is 4.79 Å². The Morgan fingerprint density at radius 3 is 2.62 bits per heavy atom. The van der Waals surface area contributed by atoms with Crippen molar-refractivity contribution in [2.45, 2.75) is 51.5 Å².